The summed E-state index contributed by atoms with van der Waals surface area (Å²) >= 11 is 0. The van der Waals surface area contributed by atoms with Crippen LogP contribution in [0.15, 0.2) is 45.6 Å². The van der Waals surface area contributed by atoms with Crippen molar-refractivity contribution in [1.82, 2.24) is 9.80 Å². The third-order valence-corrected chi connectivity index (χ3v) is 6.36. The van der Waals surface area contributed by atoms with E-state index in [1.807, 2.05) is 24.3 Å². The molecule has 6 heteroatoms. The van der Waals surface area contributed by atoms with Gasteiger partial charge in [0.1, 0.15) is 35.9 Å². The van der Waals surface area contributed by atoms with Gasteiger partial charge in [-0.15, -0.1) is 0 Å². The van der Waals surface area contributed by atoms with Crippen molar-refractivity contribution in [3.05, 3.63) is 46.6 Å². The predicted octanol–water partition coefficient (Wildman–Crippen LogP) is 3.90. The van der Waals surface area contributed by atoms with Gasteiger partial charge >= 0.3 is 0 Å². The first-order chi connectivity index (χ1) is 15.3. The molecule has 0 unspecified atom stereocenters. The standard InChI is InChI=1S/C25H30N2O4/c28-25-21-17-19(29-15-13-26-9-1-2-10-26)5-7-23(21)31-24-8-6-20(18-22(24)25)30-16-14-27-11-3-4-12-27/h5-8,17-18H,1-4,9-16H2. The first-order valence-corrected chi connectivity index (χ1v) is 11.5. The van der Waals surface area contributed by atoms with Crippen molar-refractivity contribution >= 4 is 21.9 Å². The smallest absolute Gasteiger partial charge is 0.200 e. The van der Waals surface area contributed by atoms with Crippen LogP contribution in [0, 0.1) is 0 Å². The molecule has 2 aromatic carbocycles. The molecule has 3 heterocycles. The number of ether oxygens (including phenoxy) is 2. The minimum atomic E-state index is -0.0498. The molecule has 0 radical (unpaired) electrons. The molecule has 0 amide bonds. The molecule has 2 saturated heterocycles. The quantitative estimate of drug-likeness (QED) is 0.514. The highest BCUT2D eigenvalue weighted by Gasteiger charge is 2.14. The van der Waals surface area contributed by atoms with Crippen molar-refractivity contribution in [2.75, 3.05) is 52.5 Å². The molecular weight excluding hydrogens is 392 g/mol. The fourth-order valence-electron chi connectivity index (χ4n) is 4.59. The van der Waals surface area contributed by atoms with Gasteiger partial charge in [-0.2, -0.15) is 0 Å². The summed E-state index contributed by atoms with van der Waals surface area (Å²) in [6.07, 6.45) is 5.09. The Hall–Kier alpha value is -2.57. The number of fused-ring (bicyclic) bond motifs is 2. The van der Waals surface area contributed by atoms with Crippen molar-refractivity contribution < 1.29 is 13.9 Å². The van der Waals surface area contributed by atoms with Crippen LogP contribution in [-0.2, 0) is 0 Å². The summed E-state index contributed by atoms with van der Waals surface area (Å²) in [5, 5.41) is 1.08. The number of nitrogens with zero attached hydrogens (tertiary/aromatic N) is 2. The molecule has 3 aromatic rings. The average molecular weight is 423 g/mol. The number of hydrogen-bond donors (Lipinski definition) is 0. The van der Waals surface area contributed by atoms with E-state index < -0.39 is 0 Å². The van der Waals surface area contributed by atoms with Crippen molar-refractivity contribution in [3.63, 3.8) is 0 Å². The van der Waals surface area contributed by atoms with Crippen LogP contribution in [0.3, 0.4) is 0 Å². The average Bonchev–Trinajstić information content (AvgIpc) is 3.49. The fraction of sp³-hybridized carbons (Fsp3) is 0.480. The third kappa shape index (κ3) is 4.70. The van der Waals surface area contributed by atoms with Gasteiger partial charge in [-0.05, 0) is 88.3 Å². The molecule has 31 heavy (non-hydrogen) atoms. The third-order valence-electron chi connectivity index (χ3n) is 6.36. The van der Waals surface area contributed by atoms with Gasteiger partial charge in [-0.1, -0.05) is 0 Å². The topological polar surface area (TPSA) is 55.1 Å². The molecule has 0 aliphatic carbocycles. The van der Waals surface area contributed by atoms with Crippen LogP contribution in [0.4, 0.5) is 0 Å². The van der Waals surface area contributed by atoms with E-state index in [1.165, 1.54) is 25.7 Å². The molecule has 0 saturated carbocycles. The monoisotopic (exact) mass is 422 g/mol. The van der Waals surface area contributed by atoms with Gasteiger partial charge < -0.3 is 13.9 Å². The van der Waals surface area contributed by atoms with E-state index in [4.69, 9.17) is 13.9 Å². The van der Waals surface area contributed by atoms with Gasteiger partial charge in [-0.25, -0.2) is 0 Å². The second-order valence-corrected chi connectivity index (χ2v) is 8.54. The van der Waals surface area contributed by atoms with Crippen LogP contribution in [0.2, 0.25) is 0 Å². The lowest BCUT2D eigenvalue weighted by Gasteiger charge is -2.15. The van der Waals surface area contributed by atoms with Gasteiger partial charge in [0, 0.05) is 13.1 Å². The first kappa shape index (κ1) is 20.3. The van der Waals surface area contributed by atoms with Gasteiger partial charge in [0.2, 0.25) is 5.43 Å². The van der Waals surface area contributed by atoms with E-state index in [0.29, 0.717) is 46.7 Å². The molecule has 0 bridgehead atoms. The molecule has 2 aliphatic heterocycles. The van der Waals surface area contributed by atoms with Crippen LogP contribution in [0.5, 0.6) is 11.5 Å². The number of hydrogen-bond acceptors (Lipinski definition) is 6. The van der Waals surface area contributed by atoms with E-state index in [-0.39, 0.29) is 5.43 Å². The number of likely N-dealkylation sites (tertiary alicyclic amines) is 2. The Labute approximate surface area is 182 Å². The Bertz CT molecular complexity index is 1010. The van der Waals surface area contributed by atoms with Gasteiger partial charge in [0.05, 0.1) is 10.8 Å². The van der Waals surface area contributed by atoms with Gasteiger partial charge in [-0.3, -0.25) is 14.6 Å². The van der Waals surface area contributed by atoms with Crippen LogP contribution in [-0.4, -0.2) is 62.3 Å². The molecule has 1 aromatic heterocycles. The molecule has 6 nitrogen and oxygen atoms in total. The molecule has 0 spiro atoms. The maximum atomic E-state index is 13.2. The molecule has 0 atom stereocenters. The van der Waals surface area contributed by atoms with E-state index >= 15 is 0 Å². The van der Waals surface area contributed by atoms with E-state index in [1.54, 1.807) is 12.1 Å². The zero-order valence-electron chi connectivity index (χ0n) is 18.0. The summed E-state index contributed by atoms with van der Waals surface area (Å²) in [4.78, 5) is 18.0. The van der Waals surface area contributed by atoms with Crippen LogP contribution >= 0.6 is 0 Å². The largest absolute Gasteiger partial charge is 0.492 e. The zero-order chi connectivity index (χ0) is 21.0. The minimum Gasteiger partial charge on any atom is -0.492 e. The summed E-state index contributed by atoms with van der Waals surface area (Å²) in [5.41, 5.74) is 1.10. The summed E-state index contributed by atoms with van der Waals surface area (Å²) in [7, 11) is 0. The first-order valence-electron chi connectivity index (χ1n) is 11.5. The highest BCUT2D eigenvalue weighted by atomic mass is 16.5. The summed E-state index contributed by atoms with van der Waals surface area (Å²) in [6, 6.07) is 11.0. The Balaban J connectivity index is 1.31. The van der Waals surface area contributed by atoms with Crippen LogP contribution in [0.1, 0.15) is 25.7 Å². The normalized spacial score (nSPS) is 17.7. The Morgan fingerprint density at radius 1 is 0.710 bits per heavy atom. The van der Waals surface area contributed by atoms with Gasteiger partial charge in [0.15, 0.2) is 0 Å². The molecular formula is C25H30N2O4. The van der Waals surface area contributed by atoms with E-state index in [9.17, 15) is 4.79 Å². The molecule has 5 rings (SSSR count). The summed E-state index contributed by atoms with van der Waals surface area (Å²) in [5.74, 6) is 1.41. The van der Waals surface area contributed by atoms with E-state index in [2.05, 4.69) is 9.80 Å². The Morgan fingerprint density at radius 2 is 1.16 bits per heavy atom. The number of rotatable bonds is 8. The molecule has 2 fully saturated rings. The predicted molar refractivity (Wildman–Crippen MR) is 122 cm³/mol. The lowest BCUT2D eigenvalue weighted by Crippen LogP contribution is -2.25. The van der Waals surface area contributed by atoms with Crippen molar-refractivity contribution in [2.45, 2.75) is 25.7 Å². The highest BCUT2D eigenvalue weighted by molar-refractivity contribution is 5.90. The Kier molecular flexibility index (Phi) is 6.09. The second-order valence-electron chi connectivity index (χ2n) is 8.54. The lowest BCUT2D eigenvalue weighted by atomic mass is 10.1. The van der Waals surface area contributed by atoms with Crippen molar-refractivity contribution in [2.24, 2.45) is 0 Å². The van der Waals surface area contributed by atoms with E-state index in [0.717, 1.165) is 39.3 Å². The van der Waals surface area contributed by atoms with Crippen LogP contribution < -0.4 is 14.9 Å². The molecule has 0 N–H and O–H groups in total. The Morgan fingerprint density at radius 3 is 1.61 bits per heavy atom. The van der Waals surface area contributed by atoms with Crippen LogP contribution in [0.25, 0.3) is 21.9 Å². The lowest BCUT2D eigenvalue weighted by molar-refractivity contribution is 0.238. The maximum absolute atomic E-state index is 13.2. The summed E-state index contributed by atoms with van der Waals surface area (Å²) in [6.45, 7) is 7.69. The number of benzene rings is 2. The highest BCUT2D eigenvalue weighted by Crippen LogP contribution is 2.25. The van der Waals surface area contributed by atoms with Crippen molar-refractivity contribution in [3.8, 4) is 11.5 Å². The summed E-state index contributed by atoms with van der Waals surface area (Å²) < 4.78 is 17.8. The molecule has 2 aliphatic rings. The fourth-order valence-corrected chi connectivity index (χ4v) is 4.59. The molecule has 164 valence electrons. The second kappa shape index (κ2) is 9.28. The SMILES string of the molecule is O=c1c2cc(OCCN3CCCC3)ccc2oc2ccc(OCCN3CCCC3)cc12. The van der Waals surface area contributed by atoms with Gasteiger partial charge in [0.25, 0.3) is 0 Å². The zero-order valence-corrected chi connectivity index (χ0v) is 18.0. The minimum absolute atomic E-state index is 0.0498. The maximum Gasteiger partial charge on any atom is 0.200 e. The van der Waals surface area contributed by atoms with Crippen molar-refractivity contribution in [1.29, 1.82) is 0 Å².